The summed E-state index contributed by atoms with van der Waals surface area (Å²) in [5, 5.41) is 0. The Kier molecular flexibility index (Phi) is 8.04. The van der Waals surface area contributed by atoms with Crippen LogP contribution in [0.3, 0.4) is 0 Å². The molecular formula is C26H22F6N4O3S. The van der Waals surface area contributed by atoms with Crippen molar-refractivity contribution in [1.82, 2.24) is 14.3 Å². The number of rotatable bonds is 6. The van der Waals surface area contributed by atoms with Crippen LogP contribution in [-0.4, -0.2) is 41.7 Å². The Morgan fingerprint density at radius 3 is 2.10 bits per heavy atom. The second kappa shape index (κ2) is 11.0. The van der Waals surface area contributed by atoms with Gasteiger partial charge in [0.1, 0.15) is 0 Å². The molecule has 0 saturated carbocycles. The van der Waals surface area contributed by atoms with Gasteiger partial charge in [-0.25, -0.2) is 18.4 Å². The number of alkyl halides is 6. The minimum absolute atomic E-state index is 0.0105. The molecule has 2 aromatic carbocycles. The SMILES string of the molecule is NC(=O)/C(=C/c1ccnc(-c2cc(C(F)(F)F)cc(C(F)(F)F)c2)n1)c1cccc(S(=O)(=O)N2CCCCC2)c1. The van der Waals surface area contributed by atoms with Crippen molar-refractivity contribution in [3.05, 3.63) is 77.1 Å². The molecule has 0 spiro atoms. The van der Waals surface area contributed by atoms with Crippen molar-refractivity contribution in [2.24, 2.45) is 5.73 Å². The van der Waals surface area contributed by atoms with E-state index >= 15 is 0 Å². The zero-order valence-corrected chi connectivity index (χ0v) is 21.4. The lowest BCUT2D eigenvalue weighted by atomic mass is 10.0. The summed E-state index contributed by atoms with van der Waals surface area (Å²) in [7, 11) is -3.85. The van der Waals surface area contributed by atoms with Gasteiger partial charge >= 0.3 is 12.4 Å². The monoisotopic (exact) mass is 584 g/mol. The molecule has 0 unspecified atom stereocenters. The first-order chi connectivity index (χ1) is 18.7. The van der Waals surface area contributed by atoms with Crippen LogP contribution in [0, 0.1) is 0 Å². The van der Waals surface area contributed by atoms with Crippen molar-refractivity contribution in [1.29, 1.82) is 0 Å². The minimum Gasteiger partial charge on any atom is -0.366 e. The molecule has 1 aromatic heterocycles. The smallest absolute Gasteiger partial charge is 0.366 e. The van der Waals surface area contributed by atoms with Crippen molar-refractivity contribution in [2.45, 2.75) is 36.5 Å². The molecule has 0 aliphatic carbocycles. The number of sulfonamides is 1. The summed E-state index contributed by atoms with van der Waals surface area (Å²) < 4.78 is 107. The Morgan fingerprint density at radius 1 is 0.900 bits per heavy atom. The lowest BCUT2D eigenvalue weighted by Crippen LogP contribution is -2.35. The average Bonchev–Trinajstić information content (AvgIpc) is 2.91. The van der Waals surface area contributed by atoms with Gasteiger partial charge in [0.2, 0.25) is 15.9 Å². The van der Waals surface area contributed by atoms with Gasteiger partial charge in [0, 0.05) is 30.4 Å². The Labute approximate surface area is 225 Å². The van der Waals surface area contributed by atoms with Crippen LogP contribution in [0.4, 0.5) is 26.3 Å². The van der Waals surface area contributed by atoms with Gasteiger partial charge in [0.15, 0.2) is 5.82 Å². The first-order valence-electron chi connectivity index (χ1n) is 11.9. The number of carbonyl (C=O) groups is 1. The molecule has 2 heterocycles. The number of halogens is 6. The van der Waals surface area contributed by atoms with Crippen LogP contribution in [0.15, 0.2) is 59.6 Å². The summed E-state index contributed by atoms with van der Waals surface area (Å²) in [5.74, 6) is -1.43. The predicted octanol–water partition coefficient (Wildman–Crippen LogP) is 5.38. The van der Waals surface area contributed by atoms with Crippen LogP contribution < -0.4 is 5.73 Å². The van der Waals surface area contributed by atoms with E-state index in [9.17, 15) is 39.6 Å². The number of nitrogens with zero attached hydrogens (tertiary/aromatic N) is 3. The molecule has 2 N–H and O–H groups in total. The molecule has 1 saturated heterocycles. The molecular weight excluding hydrogens is 562 g/mol. The largest absolute Gasteiger partial charge is 0.416 e. The fourth-order valence-corrected chi connectivity index (χ4v) is 5.76. The van der Waals surface area contributed by atoms with Gasteiger partial charge in [0.05, 0.1) is 21.7 Å². The minimum atomic E-state index is -5.06. The number of piperidine rings is 1. The Bertz CT molecular complexity index is 1530. The van der Waals surface area contributed by atoms with Crippen LogP contribution in [0.5, 0.6) is 0 Å². The number of hydrogen-bond donors (Lipinski definition) is 1. The first kappa shape index (κ1) is 29.2. The maximum absolute atomic E-state index is 13.3. The van der Waals surface area contributed by atoms with E-state index in [0.717, 1.165) is 31.5 Å². The highest BCUT2D eigenvalue weighted by Crippen LogP contribution is 2.38. The van der Waals surface area contributed by atoms with Crippen molar-refractivity contribution < 1.29 is 39.6 Å². The van der Waals surface area contributed by atoms with Crippen LogP contribution in [0.2, 0.25) is 0 Å². The lowest BCUT2D eigenvalue weighted by molar-refractivity contribution is -0.143. The van der Waals surface area contributed by atoms with Crippen LogP contribution in [0.1, 0.15) is 41.6 Å². The zero-order valence-electron chi connectivity index (χ0n) is 20.6. The maximum atomic E-state index is 13.3. The van der Waals surface area contributed by atoms with Crippen LogP contribution in [0.25, 0.3) is 23.0 Å². The van der Waals surface area contributed by atoms with Crippen LogP contribution >= 0.6 is 0 Å². The highest BCUT2D eigenvalue weighted by atomic mass is 32.2. The van der Waals surface area contributed by atoms with Crippen molar-refractivity contribution in [2.75, 3.05) is 13.1 Å². The Hall–Kier alpha value is -3.78. The summed E-state index contributed by atoms with van der Waals surface area (Å²) >= 11 is 0. The summed E-state index contributed by atoms with van der Waals surface area (Å²) in [6.07, 6.45) is -5.52. The van der Waals surface area contributed by atoms with Gasteiger partial charge in [0.25, 0.3) is 0 Å². The topological polar surface area (TPSA) is 106 Å². The van der Waals surface area contributed by atoms with Gasteiger partial charge in [-0.15, -0.1) is 0 Å². The molecule has 40 heavy (non-hydrogen) atoms. The third-order valence-corrected chi connectivity index (χ3v) is 8.07. The number of carbonyl (C=O) groups excluding carboxylic acids is 1. The van der Waals surface area contributed by atoms with E-state index < -0.39 is 50.8 Å². The molecule has 4 rings (SSSR count). The normalized spacial score (nSPS) is 15.7. The standard InChI is InChI=1S/C26H22F6N4O3S/c27-25(28,29)18-11-17(12-19(14-18)26(30,31)32)24-34-8-7-20(35-24)15-22(23(33)37)16-5-4-6-21(13-16)40(38,39)36-9-2-1-3-10-36/h4-8,11-15H,1-3,9-10H2,(H2,33,37)/b22-15+. The number of hydrogen-bond acceptors (Lipinski definition) is 5. The van der Waals surface area contributed by atoms with Gasteiger partial charge in [-0.05, 0) is 60.9 Å². The van der Waals surface area contributed by atoms with Gasteiger partial charge < -0.3 is 5.73 Å². The van der Waals surface area contributed by atoms with Gasteiger partial charge in [-0.2, -0.15) is 30.6 Å². The molecule has 212 valence electrons. The Balaban J connectivity index is 1.76. The first-order valence-corrected chi connectivity index (χ1v) is 13.4. The maximum Gasteiger partial charge on any atom is 0.416 e. The number of benzene rings is 2. The zero-order chi connectivity index (χ0) is 29.3. The van der Waals surface area contributed by atoms with Gasteiger partial charge in [-0.3, -0.25) is 4.79 Å². The van der Waals surface area contributed by atoms with Crippen molar-refractivity contribution in [3.8, 4) is 11.4 Å². The van der Waals surface area contributed by atoms with E-state index in [1.54, 1.807) is 0 Å². The van der Waals surface area contributed by atoms with E-state index in [2.05, 4.69) is 9.97 Å². The molecule has 1 aliphatic rings. The van der Waals surface area contributed by atoms with E-state index in [1.807, 2.05) is 0 Å². The van der Waals surface area contributed by atoms with E-state index in [0.29, 0.717) is 25.2 Å². The fourth-order valence-electron chi connectivity index (χ4n) is 4.20. The Morgan fingerprint density at radius 2 is 1.52 bits per heavy atom. The quantitative estimate of drug-likeness (QED) is 0.309. The lowest BCUT2D eigenvalue weighted by Gasteiger charge is -2.26. The molecule has 0 radical (unpaired) electrons. The summed E-state index contributed by atoms with van der Waals surface area (Å²) in [4.78, 5) is 20.1. The number of aromatic nitrogens is 2. The molecule has 1 amide bonds. The van der Waals surface area contributed by atoms with E-state index in [-0.39, 0.29) is 27.8 Å². The average molecular weight is 585 g/mol. The third kappa shape index (κ3) is 6.50. The highest BCUT2D eigenvalue weighted by Gasteiger charge is 2.37. The summed E-state index contributed by atoms with van der Waals surface area (Å²) in [6.45, 7) is 0.723. The number of amides is 1. The molecule has 1 aliphatic heterocycles. The molecule has 1 fully saturated rings. The molecule has 0 bridgehead atoms. The fraction of sp³-hybridized carbons (Fsp3) is 0.269. The van der Waals surface area contributed by atoms with E-state index in [4.69, 9.17) is 5.73 Å². The van der Waals surface area contributed by atoms with E-state index in [1.165, 1.54) is 34.6 Å². The predicted molar refractivity (Wildman–Crippen MR) is 134 cm³/mol. The molecule has 3 aromatic rings. The number of nitrogens with two attached hydrogens (primary N) is 1. The van der Waals surface area contributed by atoms with Crippen LogP contribution in [-0.2, 0) is 27.2 Å². The second-order valence-electron chi connectivity index (χ2n) is 9.01. The molecule has 0 atom stereocenters. The molecule has 7 nitrogen and oxygen atoms in total. The summed E-state index contributed by atoms with van der Waals surface area (Å²) in [6, 6.07) is 7.74. The van der Waals surface area contributed by atoms with Crippen molar-refractivity contribution >= 4 is 27.6 Å². The summed E-state index contributed by atoms with van der Waals surface area (Å²) in [5.41, 5.74) is 1.81. The molecule has 14 heteroatoms. The number of primary amides is 1. The third-order valence-electron chi connectivity index (χ3n) is 6.18. The van der Waals surface area contributed by atoms with Crippen molar-refractivity contribution in [3.63, 3.8) is 0 Å². The van der Waals surface area contributed by atoms with Gasteiger partial charge in [-0.1, -0.05) is 18.6 Å². The highest BCUT2D eigenvalue weighted by molar-refractivity contribution is 7.89. The second-order valence-corrected chi connectivity index (χ2v) is 11.0.